The fourth-order valence-electron chi connectivity index (χ4n) is 3.52. The van der Waals surface area contributed by atoms with Gasteiger partial charge in [-0.3, -0.25) is 0 Å². The Kier molecular flexibility index (Phi) is 13.0. The molecule has 0 saturated heterocycles. The molecule has 0 bridgehead atoms. The minimum absolute atomic E-state index is 0.875. The first-order valence-corrected chi connectivity index (χ1v) is 18.3. The van der Waals surface area contributed by atoms with E-state index in [4.69, 9.17) is 0 Å². The molecule has 194 valence electrons. The van der Waals surface area contributed by atoms with Crippen LogP contribution in [0.5, 0.6) is 0 Å². The second-order valence-corrected chi connectivity index (χ2v) is 17.1. The van der Waals surface area contributed by atoms with E-state index in [1.165, 1.54) is 0 Å². The van der Waals surface area contributed by atoms with Crippen molar-refractivity contribution in [3.8, 4) is 0 Å². The molecule has 0 saturated carbocycles. The highest BCUT2D eigenvalue weighted by atomic mass is 31.2. The molecule has 0 aromatic heterocycles. The van der Waals surface area contributed by atoms with Crippen LogP contribution >= 0.6 is 22.1 Å². The average Bonchev–Trinajstić information content (AvgIpc) is 2.99. The van der Waals surface area contributed by atoms with E-state index in [1.807, 2.05) is 149 Å². The lowest BCUT2D eigenvalue weighted by Crippen LogP contribution is -2.14. The molecule has 0 amide bonds. The van der Waals surface area contributed by atoms with Crippen molar-refractivity contribution in [2.45, 2.75) is 20.8 Å². The Labute approximate surface area is 223 Å². The number of hydrogen-bond donors (Lipinski definition) is 0. The smallest absolute Gasteiger partial charge is 0.324 e. The molecule has 4 aromatic carbocycles. The molecular weight excluding hydrogens is 513 g/mol. The Morgan fingerprint density at radius 3 is 1.03 bits per heavy atom. The van der Waals surface area contributed by atoms with Gasteiger partial charge in [0.2, 0.25) is 0 Å². The van der Waals surface area contributed by atoms with Gasteiger partial charge in [-0.15, -0.1) is 0 Å². The van der Waals surface area contributed by atoms with Gasteiger partial charge in [0.15, 0.2) is 10.6 Å². The second-order valence-electron chi connectivity index (χ2n) is 8.57. The highest BCUT2D eigenvalue weighted by Gasteiger charge is 2.22. The Hall–Kier alpha value is -2.56. The van der Waals surface area contributed by atoms with Gasteiger partial charge in [0.25, 0.3) is 0 Å². The molecule has 37 heavy (non-hydrogen) atoms. The third-order valence-corrected chi connectivity index (χ3v) is 13.8. The van der Waals surface area contributed by atoms with E-state index in [2.05, 4.69) is 0 Å². The number of benzene rings is 4. The predicted octanol–water partition coefficient (Wildman–Crippen LogP) is 7.50. The van der Waals surface area contributed by atoms with Gasteiger partial charge in [0.05, 0.1) is 7.14 Å². The SMILES string of the molecule is CCP(=O)(CC)CC.CP(=O)(c1ccccc1)c1ccccc1.O=[P+](c1ccccc1)c1ccccc1. The fraction of sp³-hybridized carbons (Fsp3) is 0.226. The lowest BCUT2D eigenvalue weighted by molar-refractivity contribution is 0.576. The molecule has 4 aromatic rings. The van der Waals surface area contributed by atoms with Crippen LogP contribution in [0.1, 0.15) is 20.8 Å². The van der Waals surface area contributed by atoms with Gasteiger partial charge in [0, 0.05) is 10.6 Å². The Bertz CT molecular complexity index is 1190. The van der Waals surface area contributed by atoms with Crippen molar-refractivity contribution in [3.05, 3.63) is 121 Å². The molecule has 4 rings (SSSR count). The Balaban J connectivity index is 0.000000205. The van der Waals surface area contributed by atoms with Gasteiger partial charge in [-0.05, 0) is 49.4 Å². The van der Waals surface area contributed by atoms with Crippen LogP contribution in [0.3, 0.4) is 0 Å². The first-order valence-electron chi connectivity index (χ1n) is 12.6. The third kappa shape index (κ3) is 9.68. The molecular formula is C31H38O3P3+. The van der Waals surface area contributed by atoms with Crippen LogP contribution in [0, 0.1) is 0 Å². The lowest BCUT2D eigenvalue weighted by Gasteiger charge is -2.13. The molecule has 0 atom stereocenters. The molecule has 3 nitrogen and oxygen atoms in total. The van der Waals surface area contributed by atoms with E-state index < -0.39 is 22.1 Å². The van der Waals surface area contributed by atoms with Crippen LogP contribution in [0.15, 0.2) is 121 Å². The van der Waals surface area contributed by atoms with E-state index in [1.54, 1.807) is 0 Å². The normalized spacial score (nSPS) is 10.8. The standard InChI is InChI=1S/C13H13OP.C12H10OP.C6H15OP/c1-15(14,12-8-4-2-5-9-12)13-10-6-3-7-11-13;13-14(11-7-3-1-4-8-11)12-9-5-2-6-10-12;1-4-8(7,5-2)6-3/h2-11H,1H3;1-10H;4-6H2,1-3H3/q;+1;. The second kappa shape index (κ2) is 15.6. The van der Waals surface area contributed by atoms with Crippen molar-refractivity contribution in [3.63, 3.8) is 0 Å². The van der Waals surface area contributed by atoms with Crippen LogP contribution in [-0.4, -0.2) is 25.2 Å². The largest absolute Gasteiger partial charge is 0.415 e. The van der Waals surface area contributed by atoms with Gasteiger partial charge in [-0.25, -0.2) is 0 Å². The van der Waals surface area contributed by atoms with Crippen molar-refractivity contribution >= 4 is 43.3 Å². The molecule has 0 heterocycles. The Morgan fingerprint density at radius 2 is 0.784 bits per heavy atom. The minimum Gasteiger partial charge on any atom is -0.324 e. The highest BCUT2D eigenvalue weighted by molar-refractivity contribution is 7.78. The molecule has 0 aliphatic heterocycles. The summed E-state index contributed by atoms with van der Waals surface area (Å²) in [6.45, 7) is 7.84. The van der Waals surface area contributed by atoms with Crippen LogP contribution in [0.25, 0.3) is 0 Å². The van der Waals surface area contributed by atoms with Crippen molar-refractivity contribution in [2.75, 3.05) is 25.2 Å². The van der Waals surface area contributed by atoms with E-state index in [9.17, 15) is 13.7 Å². The summed E-state index contributed by atoms with van der Waals surface area (Å²) in [5.41, 5.74) is 0. The average molecular weight is 552 g/mol. The predicted molar refractivity (Wildman–Crippen MR) is 165 cm³/mol. The quantitative estimate of drug-likeness (QED) is 0.224. The summed E-state index contributed by atoms with van der Waals surface area (Å²) in [5, 5.41) is 3.59. The summed E-state index contributed by atoms with van der Waals surface area (Å²) in [7, 11) is -5.48. The summed E-state index contributed by atoms with van der Waals surface area (Å²) in [6.07, 6.45) is 2.62. The van der Waals surface area contributed by atoms with Crippen LogP contribution < -0.4 is 21.2 Å². The Morgan fingerprint density at radius 1 is 0.514 bits per heavy atom. The molecule has 0 spiro atoms. The molecule has 0 aliphatic rings. The van der Waals surface area contributed by atoms with Crippen molar-refractivity contribution < 1.29 is 13.7 Å². The maximum absolute atomic E-state index is 12.6. The fourth-order valence-corrected chi connectivity index (χ4v) is 7.83. The molecule has 0 N–H and O–H groups in total. The van der Waals surface area contributed by atoms with Gasteiger partial charge >= 0.3 is 7.80 Å². The van der Waals surface area contributed by atoms with Crippen molar-refractivity contribution in [1.82, 2.24) is 0 Å². The topological polar surface area (TPSA) is 51.2 Å². The zero-order valence-corrected chi connectivity index (χ0v) is 24.9. The van der Waals surface area contributed by atoms with Gasteiger partial charge in [-0.2, -0.15) is 0 Å². The number of rotatable bonds is 7. The number of hydrogen-bond acceptors (Lipinski definition) is 3. The summed E-state index contributed by atoms with van der Waals surface area (Å²) >= 11 is 0. The van der Waals surface area contributed by atoms with Crippen LogP contribution in [0.4, 0.5) is 0 Å². The minimum atomic E-state index is -2.40. The van der Waals surface area contributed by atoms with Crippen LogP contribution in [-0.2, 0) is 13.7 Å². The van der Waals surface area contributed by atoms with E-state index in [0.29, 0.717) is 0 Å². The first kappa shape index (κ1) is 30.7. The molecule has 0 radical (unpaired) electrons. The molecule has 0 fully saturated rings. The van der Waals surface area contributed by atoms with Gasteiger partial charge < -0.3 is 9.13 Å². The summed E-state index contributed by atoms with van der Waals surface area (Å²) in [5.74, 6) is 0. The summed E-state index contributed by atoms with van der Waals surface area (Å²) in [4.78, 5) is 0. The summed E-state index contributed by atoms with van der Waals surface area (Å²) < 4.78 is 35.9. The van der Waals surface area contributed by atoms with E-state index in [0.717, 1.165) is 39.7 Å². The molecule has 0 unspecified atom stereocenters. The zero-order valence-electron chi connectivity index (χ0n) is 22.2. The molecule has 6 heteroatoms. The third-order valence-electron chi connectivity index (χ3n) is 6.21. The van der Waals surface area contributed by atoms with E-state index >= 15 is 0 Å². The van der Waals surface area contributed by atoms with E-state index in [-0.39, 0.29) is 0 Å². The van der Waals surface area contributed by atoms with Crippen LogP contribution in [0.2, 0.25) is 0 Å². The van der Waals surface area contributed by atoms with Crippen molar-refractivity contribution in [2.24, 2.45) is 0 Å². The lowest BCUT2D eigenvalue weighted by atomic mass is 10.4. The monoisotopic (exact) mass is 551 g/mol. The molecule has 0 aliphatic carbocycles. The van der Waals surface area contributed by atoms with Crippen molar-refractivity contribution in [1.29, 1.82) is 0 Å². The van der Waals surface area contributed by atoms with Gasteiger partial charge in [0.1, 0.15) is 7.14 Å². The summed E-state index contributed by atoms with van der Waals surface area (Å²) in [6, 6.07) is 38.3. The highest BCUT2D eigenvalue weighted by Crippen LogP contribution is 2.43. The first-order chi connectivity index (χ1) is 17.8. The maximum Gasteiger partial charge on any atom is 0.415 e. The van der Waals surface area contributed by atoms with Gasteiger partial charge in [-0.1, -0.05) is 122 Å². The maximum atomic E-state index is 12.6. The zero-order chi connectivity index (χ0) is 27.2.